The molecular formula is C22H26N2O4S. The first kappa shape index (κ1) is 21.0. The highest BCUT2D eigenvalue weighted by atomic mass is 32.2. The van der Waals surface area contributed by atoms with Gasteiger partial charge in [-0.15, -0.1) is 0 Å². The van der Waals surface area contributed by atoms with Crippen LogP contribution in [-0.2, 0) is 20.3 Å². The van der Waals surface area contributed by atoms with Crippen LogP contribution in [0.3, 0.4) is 0 Å². The lowest BCUT2D eigenvalue weighted by Gasteiger charge is -2.28. The Hall–Kier alpha value is -2.67. The van der Waals surface area contributed by atoms with E-state index < -0.39 is 28.8 Å². The molecule has 2 aromatic carbocycles. The van der Waals surface area contributed by atoms with E-state index in [1.165, 1.54) is 32.4 Å². The van der Waals surface area contributed by atoms with E-state index in [1.807, 2.05) is 24.3 Å². The Morgan fingerprint density at radius 1 is 1.03 bits per heavy atom. The van der Waals surface area contributed by atoms with Gasteiger partial charge >= 0.3 is 5.97 Å². The molecule has 0 radical (unpaired) electrons. The minimum atomic E-state index is -1.33. The molecule has 2 atom stereocenters. The average molecular weight is 415 g/mol. The van der Waals surface area contributed by atoms with Crippen molar-refractivity contribution in [2.45, 2.75) is 37.2 Å². The van der Waals surface area contributed by atoms with Gasteiger partial charge in [0.2, 0.25) is 0 Å². The summed E-state index contributed by atoms with van der Waals surface area (Å²) < 4.78 is 17.1. The van der Waals surface area contributed by atoms with Crippen LogP contribution in [0, 0.1) is 0 Å². The average Bonchev–Trinajstić information content (AvgIpc) is 2.74. The van der Waals surface area contributed by atoms with Crippen LogP contribution < -0.4 is 10.2 Å². The van der Waals surface area contributed by atoms with Gasteiger partial charge in [-0.05, 0) is 62.6 Å². The van der Waals surface area contributed by atoms with Gasteiger partial charge in [0, 0.05) is 30.7 Å². The molecule has 1 fully saturated rings. The minimum absolute atomic E-state index is 0.207. The third kappa shape index (κ3) is 5.44. The molecule has 1 saturated heterocycles. The Labute approximate surface area is 173 Å². The van der Waals surface area contributed by atoms with Gasteiger partial charge in [0.25, 0.3) is 5.91 Å². The number of hydrogen-bond acceptors (Lipinski definition) is 5. The number of nitrogens with zero attached hydrogens (tertiary/aromatic N) is 1. The molecule has 154 valence electrons. The van der Waals surface area contributed by atoms with Crippen LogP contribution in [0.5, 0.6) is 0 Å². The Morgan fingerprint density at radius 3 is 2.34 bits per heavy atom. The lowest BCUT2D eigenvalue weighted by molar-refractivity contribution is -0.123. The first-order chi connectivity index (χ1) is 14.0. The second-order valence-corrected chi connectivity index (χ2v) is 8.43. The van der Waals surface area contributed by atoms with E-state index in [9.17, 15) is 13.8 Å². The predicted octanol–water partition coefficient (Wildman–Crippen LogP) is 3.60. The van der Waals surface area contributed by atoms with Gasteiger partial charge in [0.1, 0.15) is 0 Å². The van der Waals surface area contributed by atoms with Gasteiger partial charge in [0.15, 0.2) is 6.10 Å². The maximum Gasteiger partial charge on any atom is 0.340 e. The molecule has 0 unspecified atom stereocenters. The molecule has 1 N–H and O–H groups in total. The summed E-state index contributed by atoms with van der Waals surface area (Å²) in [4.78, 5) is 27.6. The number of carbonyl (C=O) groups excluding carboxylic acids is 2. The Morgan fingerprint density at radius 2 is 1.69 bits per heavy atom. The zero-order valence-corrected chi connectivity index (χ0v) is 17.5. The van der Waals surface area contributed by atoms with E-state index in [2.05, 4.69) is 10.2 Å². The van der Waals surface area contributed by atoms with Crippen LogP contribution in [0.1, 0.15) is 36.5 Å². The molecule has 0 aliphatic carbocycles. The van der Waals surface area contributed by atoms with Crippen molar-refractivity contribution in [1.82, 2.24) is 0 Å². The van der Waals surface area contributed by atoms with E-state index in [0.717, 1.165) is 18.8 Å². The van der Waals surface area contributed by atoms with Crippen molar-refractivity contribution < 1.29 is 18.5 Å². The third-order valence-electron chi connectivity index (χ3n) is 4.93. The molecule has 6 nitrogen and oxygen atoms in total. The molecule has 0 bridgehead atoms. The van der Waals surface area contributed by atoms with Gasteiger partial charge in [-0.25, -0.2) is 4.79 Å². The van der Waals surface area contributed by atoms with Gasteiger partial charge in [-0.1, -0.05) is 12.1 Å². The SMILES string of the molecule is C[C@H](OC(=O)c1ccccc1[S@@](C)=O)C(=O)Nc1ccc(N2CCCCC2)cc1. The number of nitrogens with one attached hydrogen (secondary N) is 1. The fourth-order valence-electron chi connectivity index (χ4n) is 3.32. The zero-order chi connectivity index (χ0) is 20.8. The molecule has 0 saturated carbocycles. The summed E-state index contributed by atoms with van der Waals surface area (Å²) in [6, 6.07) is 14.2. The number of hydrogen-bond donors (Lipinski definition) is 1. The van der Waals surface area contributed by atoms with Crippen molar-refractivity contribution in [1.29, 1.82) is 0 Å². The van der Waals surface area contributed by atoms with Crippen molar-refractivity contribution in [2.24, 2.45) is 0 Å². The molecule has 3 rings (SSSR count). The van der Waals surface area contributed by atoms with Crippen molar-refractivity contribution in [3.8, 4) is 0 Å². The number of piperidine rings is 1. The molecule has 1 amide bonds. The molecule has 0 spiro atoms. The number of carbonyl (C=O) groups is 2. The highest BCUT2D eigenvalue weighted by Crippen LogP contribution is 2.22. The lowest BCUT2D eigenvalue weighted by Crippen LogP contribution is -2.30. The van der Waals surface area contributed by atoms with Crippen LogP contribution in [0.2, 0.25) is 0 Å². The summed E-state index contributed by atoms with van der Waals surface area (Å²) in [5, 5.41) is 2.77. The first-order valence-corrected chi connectivity index (χ1v) is 11.3. The Balaban J connectivity index is 1.59. The molecule has 7 heteroatoms. The van der Waals surface area contributed by atoms with Gasteiger partial charge in [0.05, 0.1) is 21.3 Å². The highest BCUT2D eigenvalue weighted by Gasteiger charge is 2.22. The predicted molar refractivity (Wildman–Crippen MR) is 115 cm³/mol. The largest absolute Gasteiger partial charge is 0.449 e. The summed E-state index contributed by atoms with van der Waals surface area (Å²) >= 11 is 0. The maximum atomic E-state index is 12.4. The lowest BCUT2D eigenvalue weighted by atomic mass is 10.1. The van der Waals surface area contributed by atoms with E-state index in [4.69, 9.17) is 4.74 Å². The number of ether oxygens (including phenoxy) is 1. The molecule has 1 heterocycles. The van der Waals surface area contributed by atoms with Crippen LogP contribution in [0.15, 0.2) is 53.4 Å². The second kappa shape index (κ2) is 9.69. The topological polar surface area (TPSA) is 75.7 Å². The van der Waals surface area contributed by atoms with Crippen LogP contribution in [0.4, 0.5) is 11.4 Å². The quantitative estimate of drug-likeness (QED) is 0.731. The molecule has 1 aliphatic heterocycles. The number of rotatable bonds is 6. The van der Waals surface area contributed by atoms with Gasteiger partial charge < -0.3 is 15.0 Å². The fourth-order valence-corrected chi connectivity index (χ4v) is 4.05. The first-order valence-electron chi connectivity index (χ1n) is 9.75. The number of esters is 1. The standard InChI is InChI=1S/C22H26N2O4S/c1-16(28-22(26)19-8-4-5-9-20(19)29(2)27)21(25)23-17-10-12-18(13-11-17)24-14-6-3-7-15-24/h4-5,8-13,16H,3,6-7,14-15H2,1-2H3,(H,23,25)/t16-,29+/m0/s1. The van der Waals surface area contributed by atoms with Crippen LogP contribution in [0.25, 0.3) is 0 Å². The number of anilines is 2. The third-order valence-corrected chi connectivity index (χ3v) is 5.90. The Bertz CT molecular complexity index is 892. The molecular weight excluding hydrogens is 388 g/mol. The van der Waals surface area contributed by atoms with E-state index in [-0.39, 0.29) is 5.56 Å². The fraction of sp³-hybridized carbons (Fsp3) is 0.364. The van der Waals surface area contributed by atoms with Gasteiger partial charge in [-0.3, -0.25) is 9.00 Å². The summed E-state index contributed by atoms with van der Waals surface area (Å²) in [5.41, 5.74) is 2.00. The number of benzene rings is 2. The smallest absolute Gasteiger partial charge is 0.340 e. The molecule has 29 heavy (non-hydrogen) atoms. The molecule has 2 aromatic rings. The normalized spacial score (nSPS) is 16.0. The molecule has 1 aliphatic rings. The summed E-state index contributed by atoms with van der Waals surface area (Å²) in [5.74, 6) is -1.09. The summed E-state index contributed by atoms with van der Waals surface area (Å²) in [7, 11) is -1.33. The van der Waals surface area contributed by atoms with Crippen molar-refractivity contribution in [3.63, 3.8) is 0 Å². The zero-order valence-electron chi connectivity index (χ0n) is 16.7. The van der Waals surface area contributed by atoms with E-state index in [0.29, 0.717) is 10.6 Å². The monoisotopic (exact) mass is 414 g/mol. The van der Waals surface area contributed by atoms with Crippen molar-refractivity contribution >= 4 is 34.1 Å². The van der Waals surface area contributed by atoms with Crippen molar-refractivity contribution in [2.75, 3.05) is 29.6 Å². The highest BCUT2D eigenvalue weighted by molar-refractivity contribution is 7.84. The maximum absolute atomic E-state index is 12.4. The second-order valence-electron chi connectivity index (χ2n) is 7.08. The van der Waals surface area contributed by atoms with Crippen LogP contribution >= 0.6 is 0 Å². The van der Waals surface area contributed by atoms with E-state index >= 15 is 0 Å². The molecule has 0 aromatic heterocycles. The summed E-state index contributed by atoms with van der Waals surface area (Å²) in [6.07, 6.45) is 4.20. The minimum Gasteiger partial charge on any atom is -0.449 e. The van der Waals surface area contributed by atoms with Crippen LogP contribution in [-0.4, -0.2) is 41.5 Å². The van der Waals surface area contributed by atoms with Crippen molar-refractivity contribution in [3.05, 3.63) is 54.1 Å². The summed E-state index contributed by atoms with van der Waals surface area (Å²) in [6.45, 7) is 3.63. The number of amides is 1. The Kier molecular flexibility index (Phi) is 7.04. The van der Waals surface area contributed by atoms with Gasteiger partial charge in [-0.2, -0.15) is 0 Å². The van der Waals surface area contributed by atoms with E-state index in [1.54, 1.807) is 24.3 Å².